The Bertz CT molecular complexity index is 612. The van der Waals surface area contributed by atoms with E-state index in [9.17, 15) is 4.39 Å². The molecule has 0 saturated heterocycles. The number of halogens is 2. The zero-order chi connectivity index (χ0) is 14.2. The van der Waals surface area contributed by atoms with Crippen molar-refractivity contribution in [2.45, 2.75) is 19.9 Å². The Hall–Kier alpha value is -1.31. The molecule has 4 nitrogen and oxygen atoms in total. The van der Waals surface area contributed by atoms with Gasteiger partial charge in [-0.25, -0.2) is 9.07 Å². The van der Waals surface area contributed by atoms with Crippen molar-refractivity contribution in [3.05, 3.63) is 38.8 Å². The van der Waals surface area contributed by atoms with Gasteiger partial charge in [0.25, 0.3) is 0 Å². The lowest BCUT2D eigenvalue weighted by atomic mass is 10.1. The molecule has 2 rings (SSSR count). The van der Waals surface area contributed by atoms with Crippen molar-refractivity contribution in [2.75, 3.05) is 12.8 Å². The van der Waals surface area contributed by atoms with Crippen molar-refractivity contribution < 1.29 is 9.13 Å². The molecule has 2 aromatic rings. The van der Waals surface area contributed by atoms with Crippen LogP contribution in [0, 0.1) is 16.3 Å². The smallest absolute Gasteiger partial charge is 0.165 e. The number of nitrogens with zero attached hydrogens (tertiary/aromatic N) is 2. The molecule has 19 heavy (non-hydrogen) atoms. The van der Waals surface area contributed by atoms with Crippen LogP contribution < -0.4 is 10.5 Å². The van der Waals surface area contributed by atoms with Gasteiger partial charge in [0.05, 0.1) is 22.4 Å². The Morgan fingerprint density at radius 3 is 2.63 bits per heavy atom. The van der Waals surface area contributed by atoms with Crippen molar-refractivity contribution in [2.24, 2.45) is 0 Å². The van der Waals surface area contributed by atoms with Gasteiger partial charge in [0.2, 0.25) is 0 Å². The van der Waals surface area contributed by atoms with Gasteiger partial charge in [-0.1, -0.05) is 6.07 Å². The van der Waals surface area contributed by atoms with Crippen molar-refractivity contribution in [3.63, 3.8) is 0 Å². The highest BCUT2D eigenvalue weighted by atomic mass is 127. The fourth-order valence-corrected chi connectivity index (χ4v) is 2.28. The predicted octanol–water partition coefficient (Wildman–Crippen LogP) is 3.14. The first-order valence-electron chi connectivity index (χ1n) is 5.79. The fraction of sp³-hybridized carbons (Fsp3) is 0.308. The van der Waals surface area contributed by atoms with Crippen LogP contribution in [0.25, 0.3) is 0 Å². The van der Waals surface area contributed by atoms with Gasteiger partial charge in [-0.15, -0.1) is 0 Å². The third-order valence-electron chi connectivity index (χ3n) is 3.07. The highest BCUT2D eigenvalue weighted by Crippen LogP contribution is 2.28. The maximum Gasteiger partial charge on any atom is 0.165 e. The fourth-order valence-electron chi connectivity index (χ4n) is 1.92. The summed E-state index contributed by atoms with van der Waals surface area (Å²) in [7, 11) is 1.44. The molecule has 0 saturated carbocycles. The number of rotatable bonds is 3. The summed E-state index contributed by atoms with van der Waals surface area (Å²) in [5.74, 6) is 0.445. The van der Waals surface area contributed by atoms with Gasteiger partial charge in [-0.05, 0) is 54.1 Å². The summed E-state index contributed by atoms with van der Waals surface area (Å²) in [5.41, 5.74) is 7.68. The second kappa shape index (κ2) is 5.36. The molecule has 0 radical (unpaired) electrons. The van der Waals surface area contributed by atoms with Gasteiger partial charge in [-0.2, -0.15) is 5.10 Å². The third-order valence-corrected chi connectivity index (χ3v) is 4.41. The molecule has 1 aromatic carbocycles. The van der Waals surface area contributed by atoms with Crippen LogP contribution in [0.15, 0.2) is 18.2 Å². The van der Waals surface area contributed by atoms with E-state index in [4.69, 9.17) is 10.5 Å². The normalized spacial score (nSPS) is 12.5. The monoisotopic (exact) mass is 375 g/mol. The summed E-state index contributed by atoms with van der Waals surface area (Å²) in [6, 6.07) is 4.74. The number of ether oxygens (including phenoxy) is 1. The highest BCUT2D eigenvalue weighted by molar-refractivity contribution is 14.1. The number of methoxy groups -OCH3 is 1. The number of aryl methyl sites for hydroxylation is 1. The zero-order valence-corrected chi connectivity index (χ0v) is 13.1. The lowest BCUT2D eigenvalue weighted by molar-refractivity contribution is 0.385. The molecule has 0 amide bonds. The molecule has 1 heterocycles. The summed E-state index contributed by atoms with van der Waals surface area (Å²) in [6.45, 7) is 3.83. The average molecular weight is 375 g/mol. The van der Waals surface area contributed by atoms with Gasteiger partial charge >= 0.3 is 0 Å². The zero-order valence-electron chi connectivity index (χ0n) is 10.9. The van der Waals surface area contributed by atoms with Crippen LogP contribution in [0.3, 0.4) is 0 Å². The minimum Gasteiger partial charge on any atom is -0.494 e. The highest BCUT2D eigenvalue weighted by Gasteiger charge is 2.17. The van der Waals surface area contributed by atoms with Crippen LogP contribution in [0.2, 0.25) is 0 Å². The number of nitrogens with two attached hydrogens (primary N) is 1. The molecule has 2 N–H and O–H groups in total. The Kier molecular flexibility index (Phi) is 3.98. The lowest BCUT2D eigenvalue weighted by Crippen LogP contribution is -2.12. The first kappa shape index (κ1) is 14.1. The molecule has 1 unspecified atom stereocenters. The summed E-state index contributed by atoms with van der Waals surface area (Å²) in [5, 5.41) is 4.39. The van der Waals surface area contributed by atoms with Gasteiger partial charge in [0, 0.05) is 0 Å². The first-order chi connectivity index (χ1) is 8.95. The molecule has 0 fully saturated rings. The Morgan fingerprint density at radius 1 is 1.47 bits per heavy atom. The molecule has 6 heteroatoms. The molecule has 1 aromatic heterocycles. The van der Waals surface area contributed by atoms with E-state index in [-0.39, 0.29) is 17.6 Å². The van der Waals surface area contributed by atoms with E-state index in [0.717, 1.165) is 14.8 Å². The van der Waals surface area contributed by atoms with E-state index < -0.39 is 0 Å². The molecule has 0 spiro atoms. The average Bonchev–Trinajstić information content (AvgIpc) is 2.65. The molecule has 0 aliphatic rings. The quantitative estimate of drug-likeness (QED) is 0.839. The Balaban J connectivity index is 2.41. The molecular weight excluding hydrogens is 360 g/mol. The van der Waals surface area contributed by atoms with Crippen molar-refractivity contribution >= 4 is 28.4 Å². The van der Waals surface area contributed by atoms with E-state index in [2.05, 4.69) is 27.7 Å². The van der Waals surface area contributed by atoms with E-state index in [1.165, 1.54) is 13.2 Å². The molecule has 0 aliphatic carbocycles. The summed E-state index contributed by atoms with van der Waals surface area (Å²) in [6.07, 6.45) is 0. The minimum atomic E-state index is -0.385. The van der Waals surface area contributed by atoms with Crippen LogP contribution in [-0.2, 0) is 0 Å². The van der Waals surface area contributed by atoms with E-state index in [1.54, 1.807) is 10.7 Å². The maximum atomic E-state index is 13.7. The van der Waals surface area contributed by atoms with Crippen LogP contribution in [0.5, 0.6) is 5.75 Å². The van der Waals surface area contributed by atoms with Crippen LogP contribution >= 0.6 is 22.6 Å². The first-order valence-corrected chi connectivity index (χ1v) is 6.87. The molecule has 0 aliphatic heterocycles. The van der Waals surface area contributed by atoms with Crippen LogP contribution in [0.4, 0.5) is 10.2 Å². The van der Waals surface area contributed by atoms with Crippen molar-refractivity contribution in [1.29, 1.82) is 0 Å². The predicted molar refractivity (Wildman–Crippen MR) is 80.9 cm³/mol. The molecular formula is C13H15FIN3O. The van der Waals surface area contributed by atoms with E-state index >= 15 is 0 Å². The second-order valence-corrected chi connectivity index (χ2v) is 5.38. The molecule has 0 bridgehead atoms. The van der Waals surface area contributed by atoms with Gasteiger partial charge < -0.3 is 10.5 Å². The summed E-state index contributed by atoms with van der Waals surface area (Å²) >= 11 is 2.16. The third kappa shape index (κ3) is 2.54. The van der Waals surface area contributed by atoms with Crippen molar-refractivity contribution in [3.8, 4) is 5.75 Å². The van der Waals surface area contributed by atoms with Crippen molar-refractivity contribution in [1.82, 2.24) is 9.78 Å². The molecule has 1 atom stereocenters. The number of anilines is 1. The summed E-state index contributed by atoms with van der Waals surface area (Å²) in [4.78, 5) is 0. The van der Waals surface area contributed by atoms with Gasteiger partial charge in [0.1, 0.15) is 5.82 Å². The second-order valence-electron chi connectivity index (χ2n) is 4.30. The minimum absolute atomic E-state index is 0.136. The standard InChI is InChI=1S/C13H15FIN3O/c1-7-12(15)13(16)18(17-7)8(2)9-4-5-11(19-3)10(14)6-9/h4-6,8H,16H2,1-3H3. The summed E-state index contributed by atoms with van der Waals surface area (Å²) < 4.78 is 21.3. The number of hydrogen-bond donors (Lipinski definition) is 1. The van der Waals surface area contributed by atoms with E-state index in [1.807, 2.05) is 19.9 Å². The lowest BCUT2D eigenvalue weighted by Gasteiger charge is -2.15. The SMILES string of the molecule is COc1ccc(C(C)n2nc(C)c(I)c2N)cc1F. The number of aromatic nitrogens is 2. The van der Waals surface area contributed by atoms with E-state index in [0.29, 0.717) is 5.82 Å². The Labute approximate surface area is 124 Å². The number of nitrogen functional groups attached to an aromatic ring is 1. The number of hydrogen-bond acceptors (Lipinski definition) is 3. The van der Waals surface area contributed by atoms with Gasteiger partial charge in [-0.3, -0.25) is 0 Å². The Morgan fingerprint density at radius 2 is 2.16 bits per heavy atom. The largest absolute Gasteiger partial charge is 0.494 e. The topological polar surface area (TPSA) is 53.1 Å². The number of benzene rings is 1. The molecule has 102 valence electrons. The van der Waals surface area contributed by atoms with Crippen LogP contribution in [-0.4, -0.2) is 16.9 Å². The van der Waals surface area contributed by atoms with Gasteiger partial charge in [0.15, 0.2) is 11.6 Å². The van der Waals surface area contributed by atoms with Crippen LogP contribution in [0.1, 0.15) is 24.2 Å². The maximum absolute atomic E-state index is 13.7.